The highest BCUT2D eigenvalue weighted by Crippen LogP contribution is 2.17. The van der Waals surface area contributed by atoms with Gasteiger partial charge in [0.05, 0.1) is 6.61 Å². The smallest absolute Gasteiger partial charge is 0.344 e. The van der Waals surface area contributed by atoms with Crippen LogP contribution in [0.4, 0.5) is 0 Å². The van der Waals surface area contributed by atoms with Gasteiger partial charge in [0.2, 0.25) is 0 Å². The highest BCUT2D eigenvalue weighted by molar-refractivity contribution is 5.83. The zero-order valence-corrected chi connectivity index (χ0v) is 17.2. The standard InChI is InChI=1S/C23H29NO5/c1-4-27-20-12-14-21(15-13-20)28-16-22(25)29-18(3)23(26)24-17(2)10-11-19-8-6-5-7-9-19/h5-9,12-15,17-18H,4,10-11,16H2,1-3H3,(H,24,26)/t17-,18+/m1/s1. The third kappa shape index (κ3) is 8.25. The average Bonchev–Trinajstić information content (AvgIpc) is 2.72. The number of nitrogens with one attached hydrogen (secondary N) is 1. The van der Waals surface area contributed by atoms with Crippen molar-refractivity contribution in [3.63, 3.8) is 0 Å². The molecule has 0 bridgehead atoms. The first-order chi connectivity index (χ1) is 14.0. The summed E-state index contributed by atoms with van der Waals surface area (Å²) in [5.74, 6) is 0.338. The highest BCUT2D eigenvalue weighted by atomic mass is 16.6. The van der Waals surface area contributed by atoms with Crippen LogP contribution >= 0.6 is 0 Å². The summed E-state index contributed by atoms with van der Waals surface area (Å²) in [5, 5.41) is 2.88. The molecule has 0 unspecified atom stereocenters. The topological polar surface area (TPSA) is 73.9 Å². The van der Waals surface area contributed by atoms with Crippen LogP contribution in [0.25, 0.3) is 0 Å². The summed E-state index contributed by atoms with van der Waals surface area (Å²) in [6.45, 7) is 5.70. The molecule has 6 heteroatoms. The monoisotopic (exact) mass is 399 g/mol. The lowest BCUT2D eigenvalue weighted by molar-refractivity contribution is -0.156. The van der Waals surface area contributed by atoms with Crippen molar-refractivity contribution in [3.05, 3.63) is 60.2 Å². The Morgan fingerprint density at radius 1 is 0.931 bits per heavy atom. The van der Waals surface area contributed by atoms with Crippen molar-refractivity contribution >= 4 is 11.9 Å². The van der Waals surface area contributed by atoms with Crippen LogP contribution < -0.4 is 14.8 Å². The van der Waals surface area contributed by atoms with Gasteiger partial charge >= 0.3 is 5.97 Å². The van der Waals surface area contributed by atoms with Crippen LogP contribution in [0.1, 0.15) is 32.8 Å². The fourth-order valence-electron chi connectivity index (χ4n) is 2.69. The van der Waals surface area contributed by atoms with E-state index in [9.17, 15) is 9.59 Å². The second-order valence-electron chi connectivity index (χ2n) is 6.76. The van der Waals surface area contributed by atoms with Crippen molar-refractivity contribution in [2.24, 2.45) is 0 Å². The van der Waals surface area contributed by atoms with E-state index in [1.165, 1.54) is 5.56 Å². The minimum Gasteiger partial charge on any atom is -0.494 e. The maximum atomic E-state index is 12.2. The zero-order chi connectivity index (χ0) is 21.1. The second kappa shape index (κ2) is 11.7. The molecule has 1 N–H and O–H groups in total. The zero-order valence-electron chi connectivity index (χ0n) is 17.2. The molecule has 29 heavy (non-hydrogen) atoms. The lowest BCUT2D eigenvalue weighted by Gasteiger charge is -2.18. The highest BCUT2D eigenvalue weighted by Gasteiger charge is 2.19. The molecule has 2 aromatic carbocycles. The van der Waals surface area contributed by atoms with Crippen molar-refractivity contribution in [3.8, 4) is 11.5 Å². The van der Waals surface area contributed by atoms with E-state index in [1.807, 2.05) is 32.0 Å². The Balaban J connectivity index is 1.68. The summed E-state index contributed by atoms with van der Waals surface area (Å²) in [6.07, 6.45) is 0.787. The summed E-state index contributed by atoms with van der Waals surface area (Å²) >= 11 is 0. The molecule has 0 aliphatic carbocycles. The number of benzene rings is 2. The van der Waals surface area contributed by atoms with Crippen LogP contribution in [0, 0.1) is 0 Å². The summed E-state index contributed by atoms with van der Waals surface area (Å²) in [7, 11) is 0. The lowest BCUT2D eigenvalue weighted by Crippen LogP contribution is -2.41. The van der Waals surface area contributed by atoms with Crippen LogP contribution in [0.15, 0.2) is 54.6 Å². The van der Waals surface area contributed by atoms with Crippen LogP contribution in [0.5, 0.6) is 11.5 Å². The SMILES string of the molecule is CCOc1ccc(OCC(=O)O[C@@H](C)C(=O)N[C@H](C)CCc2ccccc2)cc1. The largest absolute Gasteiger partial charge is 0.494 e. The predicted octanol–water partition coefficient (Wildman–Crippen LogP) is 3.53. The number of hydrogen-bond acceptors (Lipinski definition) is 5. The third-order valence-corrected chi connectivity index (χ3v) is 4.27. The Kier molecular flexibility index (Phi) is 9.02. The molecular weight excluding hydrogens is 370 g/mol. The Labute approximate surface area is 172 Å². The molecule has 0 fully saturated rings. The molecule has 0 saturated carbocycles. The van der Waals surface area contributed by atoms with Gasteiger partial charge in [0.1, 0.15) is 11.5 Å². The van der Waals surface area contributed by atoms with E-state index in [-0.39, 0.29) is 18.6 Å². The average molecular weight is 399 g/mol. The molecule has 0 spiro atoms. The Bertz CT molecular complexity index is 761. The van der Waals surface area contributed by atoms with E-state index in [0.717, 1.165) is 18.6 Å². The van der Waals surface area contributed by atoms with Gasteiger partial charge in [0, 0.05) is 6.04 Å². The first-order valence-electron chi connectivity index (χ1n) is 9.87. The number of carbonyl (C=O) groups is 2. The fraction of sp³-hybridized carbons (Fsp3) is 0.391. The van der Waals surface area contributed by atoms with E-state index in [0.29, 0.717) is 12.4 Å². The summed E-state index contributed by atoms with van der Waals surface area (Å²) in [6, 6.07) is 17.0. The molecule has 1 amide bonds. The normalized spacial score (nSPS) is 12.5. The van der Waals surface area contributed by atoms with Crippen LogP contribution in [-0.4, -0.2) is 37.2 Å². The van der Waals surface area contributed by atoms with Gasteiger partial charge in [-0.15, -0.1) is 0 Å². The van der Waals surface area contributed by atoms with Crippen molar-refractivity contribution in [1.82, 2.24) is 5.32 Å². The maximum absolute atomic E-state index is 12.2. The number of amides is 1. The van der Waals surface area contributed by atoms with Gasteiger partial charge in [-0.3, -0.25) is 4.79 Å². The van der Waals surface area contributed by atoms with Crippen molar-refractivity contribution in [1.29, 1.82) is 0 Å². The van der Waals surface area contributed by atoms with Gasteiger partial charge in [0.25, 0.3) is 5.91 Å². The molecule has 0 radical (unpaired) electrons. The molecular formula is C23H29NO5. The van der Waals surface area contributed by atoms with E-state index in [1.54, 1.807) is 31.2 Å². The minimum atomic E-state index is -0.884. The number of hydrogen-bond donors (Lipinski definition) is 1. The lowest BCUT2D eigenvalue weighted by atomic mass is 10.1. The quantitative estimate of drug-likeness (QED) is 0.585. The molecule has 0 aromatic heterocycles. The van der Waals surface area contributed by atoms with Crippen LogP contribution in [0.2, 0.25) is 0 Å². The van der Waals surface area contributed by atoms with E-state index in [2.05, 4.69) is 17.4 Å². The minimum absolute atomic E-state index is 0.0241. The molecule has 0 aliphatic rings. The number of carbonyl (C=O) groups excluding carboxylic acids is 2. The third-order valence-electron chi connectivity index (χ3n) is 4.27. The molecule has 0 aliphatic heterocycles. The molecule has 6 nitrogen and oxygen atoms in total. The van der Waals surface area contributed by atoms with Gasteiger partial charge in [-0.2, -0.15) is 0 Å². The van der Waals surface area contributed by atoms with Crippen LogP contribution in [0.3, 0.4) is 0 Å². The van der Waals surface area contributed by atoms with Gasteiger partial charge in [-0.25, -0.2) is 4.79 Å². The number of rotatable bonds is 11. The van der Waals surface area contributed by atoms with Crippen molar-refractivity contribution < 1.29 is 23.8 Å². The van der Waals surface area contributed by atoms with Crippen LogP contribution in [-0.2, 0) is 20.7 Å². The fourth-order valence-corrected chi connectivity index (χ4v) is 2.69. The second-order valence-corrected chi connectivity index (χ2v) is 6.76. The number of ether oxygens (including phenoxy) is 3. The van der Waals surface area contributed by atoms with Gasteiger partial charge in [-0.1, -0.05) is 30.3 Å². The Morgan fingerprint density at radius 2 is 1.55 bits per heavy atom. The first-order valence-corrected chi connectivity index (χ1v) is 9.87. The van der Waals surface area contributed by atoms with E-state index < -0.39 is 12.1 Å². The van der Waals surface area contributed by atoms with Gasteiger partial charge in [0.15, 0.2) is 12.7 Å². The molecule has 2 rings (SSSR count). The van der Waals surface area contributed by atoms with Gasteiger partial charge in [-0.05, 0) is 63.4 Å². The van der Waals surface area contributed by atoms with Gasteiger partial charge < -0.3 is 19.5 Å². The summed E-state index contributed by atoms with van der Waals surface area (Å²) in [4.78, 5) is 24.2. The Morgan fingerprint density at radius 3 is 2.17 bits per heavy atom. The molecule has 0 saturated heterocycles. The maximum Gasteiger partial charge on any atom is 0.344 e. The number of esters is 1. The van der Waals surface area contributed by atoms with E-state index >= 15 is 0 Å². The summed E-state index contributed by atoms with van der Waals surface area (Å²) < 4.78 is 15.9. The first kappa shape index (κ1) is 22.3. The Hall–Kier alpha value is -3.02. The van der Waals surface area contributed by atoms with E-state index in [4.69, 9.17) is 14.2 Å². The predicted molar refractivity (Wildman–Crippen MR) is 111 cm³/mol. The summed E-state index contributed by atoms with van der Waals surface area (Å²) in [5.41, 5.74) is 1.22. The molecule has 2 aromatic rings. The number of aryl methyl sites for hydroxylation is 1. The van der Waals surface area contributed by atoms with Crippen molar-refractivity contribution in [2.75, 3.05) is 13.2 Å². The van der Waals surface area contributed by atoms with Crippen molar-refractivity contribution in [2.45, 2.75) is 45.8 Å². The molecule has 2 atom stereocenters. The molecule has 156 valence electrons. The molecule has 0 heterocycles.